The number of hydrogen-bond acceptors (Lipinski definition) is 3. The van der Waals surface area contributed by atoms with Gasteiger partial charge in [0.2, 0.25) is 5.28 Å². The molecule has 0 amide bonds. The van der Waals surface area contributed by atoms with Crippen LogP contribution in [0.1, 0.15) is 5.69 Å². The van der Waals surface area contributed by atoms with E-state index in [2.05, 4.69) is 9.97 Å². The van der Waals surface area contributed by atoms with E-state index in [9.17, 15) is 0 Å². The van der Waals surface area contributed by atoms with Gasteiger partial charge >= 0.3 is 0 Å². The van der Waals surface area contributed by atoms with Gasteiger partial charge in [0.1, 0.15) is 5.15 Å². The molecule has 0 radical (unpaired) electrons. The van der Waals surface area contributed by atoms with Crippen LogP contribution in [0, 0.1) is 0 Å². The van der Waals surface area contributed by atoms with Crippen LogP contribution in [0.25, 0.3) is 0 Å². The van der Waals surface area contributed by atoms with E-state index in [4.69, 9.17) is 28.3 Å². The van der Waals surface area contributed by atoms with Gasteiger partial charge in [-0.05, 0) is 17.7 Å². The van der Waals surface area contributed by atoms with Crippen molar-refractivity contribution in [2.45, 2.75) is 6.61 Å². The van der Waals surface area contributed by atoms with Crippen LogP contribution in [0.3, 0.4) is 0 Å². The highest BCUT2D eigenvalue weighted by atomic mass is 35.5. The number of halogens is 2. The fraction of sp³-hybridized carbons (Fsp3) is 0.200. The Morgan fingerprint density at radius 1 is 1.40 bits per heavy atom. The Kier molecular flexibility index (Phi) is 2.43. The summed E-state index contributed by atoms with van der Waals surface area (Å²) < 4.78 is 0. The molecule has 3 nitrogen and oxygen atoms in total. The van der Waals surface area contributed by atoms with Gasteiger partial charge in [0.15, 0.2) is 0 Å². The summed E-state index contributed by atoms with van der Waals surface area (Å²) >= 11 is 10.9. The van der Waals surface area contributed by atoms with Crippen LogP contribution >= 0.6 is 23.2 Å². The molecule has 1 rings (SSSR count). The van der Waals surface area contributed by atoms with Gasteiger partial charge in [0.05, 0.1) is 12.3 Å². The number of aliphatic hydroxyl groups is 1. The largest absolute Gasteiger partial charge is 0.390 e. The SMILES string of the molecule is OCc1cc(Cl)nc(Cl)n1. The van der Waals surface area contributed by atoms with Gasteiger partial charge in [-0.25, -0.2) is 9.97 Å². The van der Waals surface area contributed by atoms with Crippen LogP contribution in [0.15, 0.2) is 6.07 Å². The third-order valence-electron chi connectivity index (χ3n) is 0.883. The lowest BCUT2D eigenvalue weighted by Gasteiger charge is -1.94. The molecule has 1 N–H and O–H groups in total. The average Bonchev–Trinajstić information content (AvgIpc) is 1.85. The van der Waals surface area contributed by atoms with E-state index in [0.717, 1.165) is 0 Å². The van der Waals surface area contributed by atoms with Gasteiger partial charge in [0, 0.05) is 0 Å². The van der Waals surface area contributed by atoms with E-state index >= 15 is 0 Å². The molecule has 0 aromatic carbocycles. The van der Waals surface area contributed by atoms with E-state index in [-0.39, 0.29) is 17.0 Å². The fourth-order valence-electron chi connectivity index (χ4n) is 0.515. The Morgan fingerprint density at radius 2 is 2.10 bits per heavy atom. The van der Waals surface area contributed by atoms with Crippen molar-refractivity contribution in [2.75, 3.05) is 0 Å². The second-order valence-electron chi connectivity index (χ2n) is 1.61. The molecule has 0 unspecified atom stereocenters. The fourth-order valence-corrected chi connectivity index (χ4v) is 0.964. The van der Waals surface area contributed by atoms with Crippen LogP contribution < -0.4 is 0 Å². The van der Waals surface area contributed by atoms with Crippen molar-refractivity contribution in [1.82, 2.24) is 9.97 Å². The van der Waals surface area contributed by atoms with Crippen molar-refractivity contribution in [2.24, 2.45) is 0 Å². The molecule has 1 aromatic heterocycles. The summed E-state index contributed by atoms with van der Waals surface area (Å²) in [7, 11) is 0. The predicted octanol–water partition coefficient (Wildman–Crippen LogP) is 1.28. The summed E-state index contributed by atoms with van der Waals surface area (Å²) in [5, 5.41) is 8.87. The first-order valence-corrected chi connectivity index (χ1v) is 3.28. The minimum Gasteiger partial charge on any atom is -0.390 e. The van der Waals surface area contributed by atoms with Crippen molar-refractivity contribution in [3.8, 4) is 0 Å². The Balaban J connectivity index is 3.06. The summed E-state index contributed by atoms with van der Waals surface area (Å²) in [6, 6.07) is 1.45. The maximum Gasteiger partial charge on any atom is 0.224 e. The van der Waals surface area contributed by atoms with Crippen LogP contribution in [0.4, 0.5) is 0 Å². The van der Waals surface area contributed by atoms with Gasteiger partial charge in [-0.3, -0.25) is 0 Å². The third-order valence-corrected chi connectivity index (χ3v) is 1.25. The first-order valence-electron chi connectivity index (χ1n) is 2.52. The minimum atomic E-state index is -0.179. The zero-order valence-electron chi connectivity index (χ0n) is 4.88. The van der Waals surface area contributed by atoms with Crippen LogP contribution in [-0.4, -0.2) is 15.1 Å². The quantitative estimate of drug-likeness (QED) is 0.521. The Morgan fingerprint density at radius 3 is 2.60 bits per heavy atom. The van der Waals surface area contributed by atoms with E-state index in [1.165, 1.54) is 6.07 Å². The standard InChI is InChI=1S/C5H4Cl2N2O/c6-4-1-3(2-10)8-5(7)9-4/h1,10H,2H2. The molecule has 0 saturated heterocycles. The lowest BCUT2D eigenvalue weighted by Crippen LogP contribution is -1.91. The van der Waals surface area contributed by atoms with E-state index < -0.39 is 0 Å². The number of hydrogen-bond donors (Lipinski definition) is 1. The zero-order chi connectivity index (χ0) is 7.56. The summed E-state index contributed by atoms with van der Waals surface area (Å²) in [6.07, 6.45) is 0. The highest BCUT2D eigenvalue weighted by Crippen LogP contribution is 2.09. The maximum atomic E-state index is 8.58. The summed E-state index contributed by atoms with van der Waals surface area (Å²) in [5.74, 6) is 0. The summed E-state index contributed by atoms with van der Waals surface area (Å²) in [6.45, 7) is -0.179. The number of nitrogens with zero attached hydrogens (tertiary/aromatic N) is 2. The van der Waals surface area contributed by atoms with Gasteiger partial charge in [0.25, 0.3) is 0 Å². The van der Waals surface area contributed by atoms with Crippen molar-refractivity contribution in [1.29, 1.82) is 0 Å². The lowest BCUT2D eigenvalue weighted by molar-refractivity contribution is 0.276. The Bertz CT molecular complexity index is 221. The van der Waals surface area contributed by atoms with Gasteiger partial charge in [-0.2, -0.15) is 0 Å². The van der Waals surface area contributed by atoms with Crippen molar-refractivity contribution < 1.29 is 5.11 Å². The second-order valence-corrected chi connectivity index (χ2v) is 2.33. The van der Waals surface area contributed by atoms with Gasteiger partial charge < -0.3 is 5.11 Å². The molecule has 0 fully saturated rings. The third kappa shape index (κ3) is 1.80. The molecule has 0 aliphatic rings. The van der Waals surface area contributed by atoms with E-state index in [1.54, 1.807) is 0 Å². The molecule has 10 heavy (non-hydrogen) atoms. The number of rotatable bonds is 1. The molecular weight excluding hydrogens is 175 g/mol. The topological polar surface area (TPSA) is 46.0 Å². The molecule has 0 aliphatic carbocycles. The van der Waals surface area contributed by atoms with Crippen molar-refractivity contribution in [3.63, 3.8) is 0 Å². The lowest BCUT2D eigenvalue weighted by atomic mass is 10.4. The second kappa shape index (κ2) is 3.14. The predicted molar refractivity (Wildman–Crippen MR) is 38.0 cm³/mol. The van der Waals surface area contributed by atoms with Gasteiger partial charge in [-0.1, -0.05) is 11.6 Å². The van der Waals surface area contributed by atoms with Crippen LogP contribution in [0.5, 0.6) is 0 Å². The van der Waals surface area contributed by atoms with Crippen LogP contribution in [0.2, 0.25) is 10.4 Å². The van der Waals surface area contributed by atoms with Crippen LogP contribution in [-0.2, 0) is 6.61 Å². The first-order chi connectivity index (χ1) is 4.72. The Labute approximate surface area is 67.6 Å². The van der Waals surface area contributed by atoms with E-state index in [0.29, 0.717) is 5.69 Å². The normalized spacial score (nSPS) is 9.90. The highest BCUT2D eigenvalue weighted by Gasteiger charge is 1.98. The van der Waals surface area contributed by atoms with Gasteiger partial charge in [-0.15, -0.1) is 0 Å². The number of aliphatic hydroxyl groups excluding tert-OH is 1. The maximum absolute atomic E-state index is 8.58. The molecule has 0 bridgehead atoms. The Hall–Kier alpha value is -0.380. The van der Waals surface area contributed by atoms with E-state index in [1.807, 2.05) is 0 Å². The molecule has 0 aliphatic heterocycles. The first kappa shape index (κ1) is 7.72. The van der Waals surface area contributed by atoms with Crippen molar-refractivity contribution in [3.05, 3.63) is 22.2 Å². The molecule has 0 spiro atoms. The number of aromatic nitrogens is 2. The molecule has 0 atom stereocenters. The highest BCUT2D eigenvalue weighted by molar-refractivity contribution is 6.31. The molecular formula is C5H4Cl2N2O. The molecule has 5 heteroatoms. The molecule has 1 heterocycles. The zero-order valence-corrected chi connectivity index (χ0v) is 6.39. The summed E-state index contributed by atoms with van der Waals surface area (Å²) in [5.41, 5.74) is 0.421. The summed E-state index contributed by atoms with van der Waals surface area (Å²) in [4.78, 5) is 7.26. The van der Waals surface area contributed by atoms with Crippen molar-refractivity contribution >= 4 is 23.2 Å². The minimum absolute atomic E-state index is 0.0524. The monoisotopic (exact) mass is 178 g/mol. The molecule has 0 saturated carbocycles. The average molecular weight is 179 g/mol. The molecule has 54 valence electrons. The molecule has 1 aromatic rings. The smallest absolute Gasteiger partial charge is 0.224 e.